The Morgan fingerprint density at radius 1 is 0.611 bits per heavy atom. The van der Waals surface area contributed by atoms with Crippen molar-refractivity contribution in [3.63, 3.8) is 0 Å². The van der Waals surface area contributed by atoms with E-state index in [1.165, 1.54) is 0 Å². The maximum atomic E-state index is 9.82. The fourth-order valence-electron chi connectivity index (χ4n) is 4.86. The van der Waals surface area contributed by atoms with Crippen molar-refractivity contribution in [1.29, 1.82) is 0 Å². The first-order valence-electron chi connectivity index (χ1n) is 7.38. The quantitative estimate of drug-likeness (QED) is 0.737. The molecule has 2 nitrogen and oxygen atoms in total. The number of aliphatic hydroxyl groups excluding tert-OH is 2. The van der Waals surface area contributed by atoms with Crippen LogP contribution in [-0.2, 0) is 0 Å². The maximum absolute atomic E-state index is 9.82. The zero-order valence-corrected chi connectivity index (χ0v) is 10.9. The number of fused-ring (bicyclic) bond motifs is 2. The summed E-state index contributed by atoms with van der Waals surface area (Å²) in [6, 6.07) is 0. The summed E-state index contributed by atoms with van der Waals surface area (Å²) in [7, 11) is 0. The highest BCUT2D eigenvalue weighted by molar-refractivity contribution is 5.09. The third-order valence-corrected chi connectivity index (χ3v) is 5.69. The van der Waals surface area contributed by atoms with Crippen molar-refractivity contribution in [2.45, 2.75) is 25.7 Å². The van der Waals surface area contributed by atoms with Crippen LogP contribution in [0.4, 0.5) is 0 Å². The van der Waals surface area contributed by atoms with E-state index < -0.39 is 0 Å². The molecule has 0 aromatic carbocycles. The smallest absolute Gasteiger partial charge is 0.0465 e. The topological polar surface area (TPSA) is 40.5 Å². The molecule has 100 valence electrons. The number of hydrogen-bond acceptors (Lipinski definition) is 2. The SMILES string of the molecule is OCC1[C@H]2CC=CC[C@@H]2C(CO)[C@@H]2CC=CC[C@@H]12. The van der Waals surface area contributed by atoms with Gasteiger partial charge >= 0.3 is 0 Å². The van der Waals surface area contributed by atoms with Crippen molar-refractivity contribution in [2.75, 3.05) is 13.2 Å². The van der Waals surface area contributed by atoms with Gasteiger partial charge in [-0.1, -0.05) is 24.3 Å². The van der Waals surface area contributed by atoms with Gasteiger partial charge in [0, 0.05) is 13.2 Å². The van der Waals surface area contributed by atoms with E-state index in [-0.39, 0.29) is 0 Å². The highest BCUT2D eigenvalue weighted by Gasteiger charge is 2.49. The minimum atomic E-state index is 0.322. The maximum Gasteiger partial charge on any atom is 0.0465 e. The molecular weight excluding hydrogens is 224 g/mol. The van der Waals surface area contributed by atoms with Crippen LogP contribution in [0.15, 0.2) is 24.3 Å². The Morgan fingerprint density at radius 2 is 0.889 bits per heavy atom. The van der Waals surface area contributed by atoms with Crippen molar-refractivity contribution >= 4 is 0 Å². The first-order chi connectivity index (χ1) is 8.86. The van der Waals surface area contributed by atoms with Gasteiger partial charge < -0.3 is 10.2 Å². The van der Waals surface area contributed by atoms with E-state index in [0.717, 1.165) is 25.7 Å². The number of aliphatic hydroxyl groups is 2. The Morgan fingerprint density at radius 3 is 1.11 bits per heavy atom. The summed E-state index contributed by atoms with van der Waals surface area (Å²) in [6.07, 6.45) is 13.5. The third-order valence-electron chi connectivity index (χ3n) is 5.69. The molecule has 0 bridgehead atoms. The van der Waals surface area contributed by atoms with Crippen LogP contribution in [0.2, 0.25) is 0 Å². The minimum Gasteiger partial charge on any atom is -0.396 e. The van der Waals surface area contributed by atoms with Crippen molar-refractivity contribution in [3.8, 4) is 0 Å². The summed E-state index contributed by atoms with van der Waals surface area (Å²) >= 11 is 0. The Labute approximate surface area is 109 Å². The number of allylic oxidation sites excluding steroid dienone is 4. The largest absolute Gasteiger partial charge is 0.396 e. The average Bonchev–Trinajstić information content (AvgIpc) is 2.44. The van der Waals surface area contributed by atoms with Crippen LogP contribution < -0.4 is 0 Å². The molecule has 3 rings (SSSR count). The zero-order valence-electron chi connectivity index (χ0n) is 10.9. The van der Waals surface area contributed by atoms with E-state index in [4.69, 9.17) is 0 Å². The molecule has 0 aromatic heterocycles. The first-order valence-corrected chi connectivity index (χ1v) is 7.38. The normalized spacial score (nSPS) is 46.6. The third kappa shape index (κ3) is 1.86. The monoisotopic (exact) mass is 248 g/mol. The number of hydrogen-bond donors (Lipinski definition) is 2. The van der Waals surface area contributed by atoms with Gasteiger partial charge in [0.25, 0.3) is 0 Å². The van der Waals surface area contributed by atoms with Crippen LogP contribution >= 0.6 is 0 Å². The summed E-state index contributed by atoms with van der Waals surface area (Å²) < 4.78 is 0. The molecule has 0 aliphatic heterocycles. The first kappa shape index (κ1) is 12.4. The van der Waals surface area contributed by atoms with E-state index >= 15 is 0 Å². The fraction of sp³-hybridized carbons (Fsp3) is 0.750. The molecule has 0 amide bonds. The summed E-state index contributed by atoms with van der Waals surface area (Å²) in [5.74, 6) is 3.24. The molecule has 0 spiro atoms. The lowest BCUT2D eigenvalue weighted by Gasteiger charge is -2.53. The summed E-state index contributed by atoms with van der Waals surface area (Å²) in [4.78, 5) is 0. The van der Waals surface area contributed by atoms with Gasteiger partial charge in [0.15, 0.2) is 0 Å². The van der Waals surface area contributed by atoms with Crippen molar-refractivity contribution < 1.29 is 10.2 Å². The summed E-state index contributed by atoms with van der Waals surface area (Å²) in [6.45, 7) is 0.643. The zero-order chi connectivity index (χ0) is 12.5. The molecule has 3 aliphatic carbocycles. The van der Waals surface area contributed by atoms with E-state index in [1.54, 1.807) is 0 Å². The Balaban J connectivity index is 1.93. The lowest BCUT2D eigenvalue weighted by Crippen LogP contribution is -2.49. The Kier molecular flexibility index (Phi) is 3.58. The molecule has 2 unspecified atom stereocenters. The van der Waals surface area contributed by atoms with Gasteiger partial charge in [-0.2, -0.15) is 0 Å². The summed E-state index contributed by atoms with van der Waals surface area (Å²) in [5, 5.41) is 19.6. The van der Waals surface area contributed by atoms with Crippen LogP contribution in [-0.4, -0.2) is 23.4 Å². The molecule has 0 heterocycles. The van der Waals surface area contributed by atoms with Gasteiger partial charge in [0.2, 0.25) is 0 Å². The lowest BCUT2D eigenvalue weighted by atomic mass is 9.52. The van der Waals surface area contributed by atoms with E-state index in [2.05, 4.69) is 24.3 Å². The molecule has 2 heteroatoms. The summed E-state index contributed by atoms with van der Waals surface area (Å²) in [5.41, 5.74) is 0. The van der Waals surface area contributed by atoms with Gasteiger partial charge in [-0.3, -0.25) is 0 Å². The van der Waals surface area contributed by atoms with Gasteiger partial charge in [-0.15, -0.1) is 0 Å². The predicted molar refractivity (Wildman–Crippen MR) is 71.9 cm³/mol. The highest BCUT2D eigenvalue weighted by atomic mass is 16.3. The molecule has 2 N–H and O–H groups in total. The molecule has 18 heavy (non-hydrogen) atoms. The standard InChI is InChI=1S/C16H24O2/c17-9-15-11-5-1-2-6-12(11)16(10-18)14-8-4-3-7-13(14)15/h1-4,11-18H,5-10H2/t11-,12-,13+,14+,15?,16?. The van der Waals surface area contributed by atoms with Crippen molar-refractivity contribution in [2.24, 2.45) is 35.5 Å². The second-order valence-electron chi connectivity index (χ2n) is 6.23. The van der Waals surface area contributed by atoms with Gasteiger partial charge in [-0.05, 0) is 61.2 Å². The molecular formula is C16H24O2. The molecule has 6 atom stereocenters. The average molecular weight is 248 g/mol. The second-order valence-corrected chi connectivity index (χ2v) is 6.23. The van der Waals surface area contributed by atoms with Crippen LogP contribution in [0.1, 0.15) is 25.7 Å². The van der Waals surface area contributed by atoms with Crippen molar-refractivity contribution in [1.82, 2.24) is 0 Å². The molecule has 0 radical (unpaired) electrons. The second kappa shape index (κ2) is 5.18. The molecule has 0 saturated heterocycles. The van der Waals surface area contributed by atoms with Gasteiger partial charge in [0.05, 0.1) is 0 Å². The fourth-order valence-corrected chi connectivity index (χ4v) is 4.86. The van der Waals surface area contributed by atoms with Crippen LogP contribution in [0.25, 0.3) is 0 Å². The van der Waals surface area contributed by atoms with Crippen molar-refractivity contribution in [3.05, 3.63) is 24.3 Å². The van der Waals surface area contributed by atoms with Crippen LogP contribution in [0.3, 0.4) is 0 Å². The minimum absolute atomic E-state index is 0.322. The molecule has 0 aromatic rings. The Hall–Kier alpha value is -0.600. The van der Waals surface area contributed by atoms with E-state index in [0.29, 0.717) is 48.7 Å². The van der Waals surface area contributed by atoms with Crippen LogP contribution in [0.5, 0.6) is 0 Å². The number of rotatable bonds is 2. The highest BCUT2D eigenvalue weighted by Crippen LogP contribution is 2.53. The van der Waals surface area contributed by atoms with E-state index in [9.17, 15) is 10.2 Å². The molecule has 1 fully saturated rings. The molecule has 1 saturated carbocycles. The predicted octanol–water partition coefficient (Wildman–Crippen LogP) is 2.38. The van der Waals surface area contributed by atoms with Gasteiger partial charge in [-0.25, -0.2) is 0 Å². The van der Waals surface area contributed by atoms with Gasteiger partial charge in [0.1, 0.15) is 0 Å². The Bertz CT molecular complexity index is 285. The van der Waals surface area contributed by atoms with Crippen LogP contribution in [0, 0.1) is 35.5 Å². The lowest BCUT2D eigenvalue weighted by molar-refractivity contribution is -0.0641. The van der Waals surface area contributed by atoms with E-state index in [1.807, 2.05) is 0 Å². The molecule has 3 aliphatic rings.